The Kier molecular flexibility index (Phi) is 11.3. The lowest BCUT2D eigenvalue weighted by atomic mass is 9.87. The molecular formula is C18H38IN5. The molecule has 1 saturated carbocycles. The first-order valence-corrected chi connectivity index (χ1v) is 9.63. The molecule has 0 radical (unpaired) electrons. The second kappa shape index (κ2) is 12.3. The van der Waals surface area contributed by atoms with E-state index in [-0.39, 0.29) is 24.0 Å². The fraction of sp³-hybridized carbons (Fsp3) is 0.944. The highest BCUT2D eigenvalue weighted by Gasteiger charge is 2.19. The summed E-state index contributed by atoms with van der Waals surface area (Å²) in [5.74, 6) is 1.91. The van der Waals surface area contributed by atoms with Crippen molar-refractivity contribution in [2.75, 3.05) is 52.9 Å². The number of hydrogen-bond acceptors (Lipinski definition) is 3. The molecule has 5 nitrogen and oxygen atoms in total. The van der Waals surface area contributed by atoms with E-state index < -0.39 is 0 Å². The van der Waals surface area contributed by atoms with Gasteiger partial charge in [-0.15, -0.1) is 24.0 Å². The zero-order valence-corrected chi connectivity index (χ0v) is 18.2. The molecule has 6 heteroatoms. The van der Waals surface area contributed by atoms with Gasteiger partial charge < -0.3 is 20.4 Å². The van der Waals surface area contributed by atoms with Crippen LogP contribution in [0.4, 0.5) is 0 Å². The zero-order chi connectivity index (χ0) is 16.5. The van der Waals surface area contributed by atoms with Crippen LogP contribution < -0.4 is 10.6 Å². The van der Waals surface area contributed by atoms with Gasteiger partial charge in [0.2, 0.25) is 0 Å². The van der Waals surface area contributed by atoms with E-state index >= 15 is 0 Å². The van der Waals surface area contributed by atoms with E-state index in [1.54, 1.807) is 0 Å². The average molecular weight is 451 g/mol. The topological polar surface area (TPSA) is 42.9 Å². The van der Waals surface area contributed by atoms with Crippen LogP contribution in [-0.2, 0) is 0 Å². The fourth-order valence-corrected chi connectivity index (χ4v) is 3.54. The summed E-state index contributed by atoms with van der Waals surface area (Å²) >= 11 is 0. The van der Waals surface area contributed by atoms with Gasteiger partial charge >= 0.3 is 0 Å². The molecule has 2 fully saturated rings. The monoisotopic (exact) mass is 451 g/mol. The van der Waals surface area contributed by atoms with Crippen LogP contribution in [0.5, 0.6) is 0 Å². The summed E-state index contributed by atoms with van der Waals surface area (Å²) in [5.41, 5.74) is 0. The largest absolute Gasteiger partial charge is 0.357 e. The molecule has 0 aromatic rings. The van der Waals surface area contributed by atoms with Crippen molar-refractivity contribution in [3.63, 3.8) is 0 Å². The molecule has 0 unspecified atom stereocenters. The second-order valence-electron chi connectivity index (χ2n) is 7.36. The third-order valence-corrected chi connectivity index (χ3v) is 5.20. The second-order valence-corrected chi connectivity index (χ2v) is 7.36. The Labute approximate surface area is 166 Å². The van der Waals surface area contributed by atoms with Crippen molar-refractivity contribution < 1.29 is 0 Å². The number of hydrogen-bond donors (Lipinski definition) is 2. The summed E-state index contributed by atoms with van der Waals surface area (Å²) in [7, 11) is 2.22. The minimum Gasteiger partial charge on any atom is -0.357 e. The fourth-order valence-electron chi connectivity index (χ4n) is 3.54. The minimum atomic E-state index is 0. The van der Waals surface area contributed by atoms with Crippen molar-refractivity contribution >= 4 is 29.9 Å². The molecule has 2 aliphatic rings. The molecule has 1 aliphatic heterocycles. The molecule has 0 amide bonds. The number of rotatable bonds is 5. The van der Waals surface area contributed by atoms with Crippen molar-refractivity contribution in [1.29, 1.82) is 0 Å². The van der Waals surface area contributed by atoms with Crippen LogP contribution in [0.3, 0.4) is 0 Å². The summed E-state index contributed by atoms with van der Waals surface area (Å²) in [5, 5.41) is 7.06. The minimum absolute atomic E-state index is 0. The molecule has 2 N–H and O–H groups in total. The van der Waals surface area contributed by atoms with Crippen molar-refractivity contribution in [3.8, 4) is 0 Å². The van der Waals surface area contributed by atoms with Gasteiger partial charge in [0.05, 0.1) is 6.54 Å². The van der Waals surface area contributed by atoms with Crippen molar-refractivity contribution in [1.82, 2.24) is 20.4 Å². The maximum absolute atomic E-state index is 4.81. The Balaban J connectivity index is 0.00000288. The Morgan fingerprint density at radius 1 is 1.08 bits per heavy atom. The molecule has 0 aromatic heterocycles. The Hall–Kier alpha value is -0.0800. The van der Waals surface area contributed by atoms with E-state index in [0.29, 0.717) is 6.04 Å². The van der Waals surface area contributed by atoms with Crippen molar-refractivity contribution in [2.45, 2.75) is 52.0 Å². The van der Waals surface area contributed by atoms with E-state index in [0.717, 1.165) is 31.5 Å². The SMILES string of the molecule is CCNC(=NCCN1CCCN(C)CC1)NC1CCC(C)CC1.I. The number of aliphatic imine (C=N–C) groups is 1. The zero-order valence-electron chi connectivity index (χ0n) is 15.9. The van der Waals surface area contributed by atoms with E-state index in [2.05, 4.69) is 41.3 Å². The molecule has 24 heavy (non-hydrogen) atoms. The van der Waals surface area contributed by atoms with Gasteiger partial charge in [0.1, 0.15) is 0 Å². The smallest absolute Gasteiger partial charge is 0.191 e. The predicted octanol–water partition coefficient (Wildman–Crippen LogP) is 2.38. The highest BCUT2D eigenvalue weighted by molar-refractivity contribution is 14.0. The molecule has 1 saturated heterocycles. The van der Waals surface area contributed by atoms with Gasteiger partial charge in [0.25, 0.3) is 0 Å². The van der Waals surface area contributed by atoms with Gasteiger partial charge in [-0.1, -0.05) is 6.92 Å². The predicted molar refractivity (Wildman–Crippen MR) is 115 cm³/mol. The average Bonchev–Trinajstić information content (AvgIpc) is 2.74. The lowest BCUT2D eigenvalue weighted by Crippen LogP contribution is -2.45. The lowest BCUT2D eigenvalue weighted by Gasteiger charge is -2.28. The van der Waals surface area contributed by atoms with Crippen LogP contribution in [0.25, 0.3) is 0 Å². The van der Waals surface area contributed by atoms with Crippen LogP contribution in [0, 0.1) is 5.92 Å². The summed E-state index contributed by atoms with van der Waals surface area (Å²) in [4.78, 5) is 9.79. The number of nitrogens with zero attached hydrogens (tertiary/aromatic N) is 3. The summed E-state index contributed by atoms with van der Waals surface area (Å²) in [6.45, 7) is 12.2. The normalized spacial score (nSPS) is 27.2. The Morgan fingerprint density at radius 3 is 2.54 bits per heavy atom. The number of guanidine groups is 1. The van der Waals surface area contributed by atoms with Gasteiger partial charge in [-0.2, -0.15) is 0 Å². The van der Waals surface area contributed by atoms with Gasteiger partial charge in [-0.3, -0.25) is 4.99 Å². The third-order valence-electron chi connectivity index (χ3n) is 5.20. The maximum Gasteiger partial charge on any atom is 0.191 e. The van der Waals surface area contributed by atoms with E-state index in [1.807, 2.05) is 0 Å². The standard InChI is InChI=1S/C18H37N5.HI/c1-4-19-18(21-17-8-6-16(2)7-9-17)20-10-13-23-12-5-11-22(3)14-15-23;/h16-17H,4-15H2,1-3H3,(H2,19,20,21);1H. The molecule has 142 valence electrons. The van der Waals surface area contributed by atoms with Crippen LogP contribution in [0.2, 0.25) is 0 Å². The van der Waals surface area contributed by atoms with Crippen LogP contribution >= 0.6 is 24.0 Å². The summed E-state index contributed by atoms with van der Waals surface area (Å²) < 4.78 is 0. The molecule has 1 heterocycles. The molecule has 1 aliphatic carbocycles. The highest BCUT2D eigenvalue weighted by atomic mass is 127. The van der Waals surface area contributed by atoms with Crippen LogP contribution in [-0.4, -0.2) is 74.7 Å². The third kappa shape index (κ3) is 8.34. The van der Waals surface area contributed by atoms with Crippen LogP contribution in [0.15, 0.2) is 4.99 Å². The Morgan fingerprint density at radius 2 is 1.83 bits per heavy atom. The Bertz CT molecular complexity index is 355. The first-order chi connectivity index (χ1) is 11.2. The molecule has 0 bridgehead atoms. The molecule has 0 atom stereocenters. The summed E-state index contributed by atoms with van der Waals surface area (Å²) in [6, 6.07) is 0.607. The molecule has 0 aromatic carbocycles. The maximum atomic E-state index is 4.81. The van der Waals surface area contributed by atoms with Crippen molar-refractivity contribution in [2.24, 2.45) is 10.9 Å². The number of nitrogens with one attached hydrogen (secondary N) is 2. The lowest BCUT2D eigenvalue weighted by molar-refractivity contribution is 0.283. The first-order valence-electron chi connectivity index (χ1n) is 9.63. The van der Waals surface area contributed by atoms with E-state index in [4.69, 9.17) is 4.99 Å². The molecular weight excluding hydrogens is 413 g/mol. The van der Waals surface area contributed by atoms with Gasteiger partial charge in [0.15, 0.2) is 5.96 Å². The summed E-state index contributed by atoms with van der Waals surface area (Å²) in [6.07, 6.45) is 6.53. The highest BCUT2D eigenvalue weighted by Crippen LogP contribution is 2.23. The van der Waals surface area contributed by atoms with Crippen molar-refractivity contribution in [3.05, 3.63) is 0 Å². The molecule has 2 rings (SSSR count). The number of likely N-dealkylation sites (N-methyl/N-ethyl adjacent to an activating group) is 1. The van der Waals surface area contributed by atoms with E-state index in [1.165, 1.54) is 58.3 Å². The van der Waals surface area contributed by atoms with Crippen LogP contribution in [0.1, 0.15) is 46.0 Å². The quantitative estimate of drug-likeness (QED) is 0.383. The van der Waals surface area contributed by atoms with Gasteiger partial charge in [-0.05, 0) is 65.1 Å². The van der Waals surface area contributed by atoms with E-state index in [9.17, 15) is 0 Å². The van der Waals surface area contributed by atoms with Gasteiger partial charge in [0, 0.05) is 32.2 Å². The molecule has 0 spiro atoms. The van der Waals surface area contributed by atoms with Gasteiger partial charge in [-0.25, -0.2) is 0 Å². The number of halogens is 1. The first kappa shape index (κ1) is 22.0.